The van der Waals surface area contributed by atoms with Crippen molar-refractivity contribution in [2.24, 2.45) is 0 Å². The van der Waals surface area contributed by atoms with E-state index in [1.165, 1.54) is 0 Å². The van der Waals surface area contributed by atoms with Crippen molar-refractivity contribution >= 4 is 17.6 Å². The lowest BCUT2D eigenvalue weighted by atomic mass is 10.2. The van der Waals surface area contributed by atoms with Crippen LogP contribution in [0, 0.1) is 0 Å². The molecule has 9 heteroatoms. The lowest BCUT2D eigenvalue weighted by Crippen LogP contribution is -2.18. The minimum atomic E-state index is -4.98. The lowest BCUT2D eigenvalue weighted by Gasteiger charge is -2.13. The van der Waals surface area contributed by atoms with Gasteiger partial charge in [0.2, 0.25) is 0 Å². The number of esters is 1. The van der Waals surface area contributed by atoms with Gasteiger partial charge < -0.3 is 14.6 Å². The Labute approximate surface area is 117 Å². The summed E-state index contributed by atoms with van der Waals surface area (Å²) in [5.41, 5.74) is -0.260. The second kappa shape index (κ2) is 6.65. The van der Waals surface area contributed by atoms with Crippen LogP contribution in [0.15, 0.2) is 6.07 Å². The van der Waals surface area contributed by atoms with Gasteiger partial charge in [-0.1, -0.05) is 0 Å². The summed E-state index contributed by atoms with van der Waals surface area (Å²) in [5.74, 6) is -2.67. The van der Waals surface area contributed by atoms with E-state index in [0.717, 1.165) is 6.07 Å². The number of carbonyl (C=O) groups is 1. The largest absolute Gasteiger partial charge is 0.573 e. The van der Waals surface area contributed by atoms with Crippen LogP contribution in [0.25, 0.3) is 0 Å². The highest BCUT2D eigenvalue weighted by molar-refractivity contribution is 6.17. The molecule has 0 aliphatic carbocycles. The maximum absolute atomic E-state index is 12.2. The Hall–Kier alpha value is -1.70. The predicted octanol–water partition coefficient (Wildman–Crippen LogP) is 2.53. The molecule has 1 N–H and O–H groups in total. The fourth-order valence-corrected chi connectivity index (χ4v) is 1.55. The van der Waals surface area contributed by atoms with E-state index in [2.05, 4.69) is 14.5 Å². The molecular formula is C11H11ClF3NO4. The molecule has 0 amide bonds. The number of ether oxygens (including phenoxy) is 2. The third-order valence-corrected chi connectivity index (χ3v) is 2.32. The summed E-state index contributed by atoms with van der Waals surface area (Å²) in [7, 11) is 0. The van der Waals surface area contributed by atoms with Gasteiger partial charge in [-0.2, -0.15) is 0 Å². The molecule has 0 saturated heterocycles. The molecule has 0 bridgehead atoms. The smallest absolute Gasteiger partial charge is 0.503 e. The second-order valence-electron chi connectivity index (χ2n) is 3.57. The Morgan fingerprint density at radius 2 is 2.15 bits per heavy atom. The van der Waals surface area contributed by atoms with Crippen LogP contribution in [0.3, 0.4) is 0 Å². The second-order valence-corrected chi connectivity index (χ2v) is 3.84. The highest BCUT2D eigenvalue weighted by atomic mass is 35.5. The zero-order valence-electron chi connectivity index (χ0n) is 10.3. The molecule has 112 valence electrons. The van der Waals surface area contributed by atoms with Gasteiger partial charge in [0.25, 0.3) is 0 Å². The molecule has 1 aromatic heterocycles. The van der Waals surface area contributed by atoms with Crippen LogP contribution >= 0.6 is 11.6 Å². The number of hydrogen-bond acceptors (Lipinski definition) is 5. The fraction of sp³-hybridized carbons (Fsp3) is 0.455. The van der Waals surface area contributed by atoms with Crippen LogP contribution in [0.2, 0.25) is 0 Å². The first kappa shape index (κ1) is 16.4. The number of carbonyl (C=O) groups excluding carboxylic acids is 1. The fourth-order valence-electron chi connectivity index (χ4n) is 1.37. The van der Waals surface area contributed by atoms with Crippen molar-refractivity contribution < 1.29 is 32.5 Å². The average molecular weight is 314 g/mol. The van der Waals surface area contributed by atoms with Gasteiger partial charge in [0, 0.05) is 6.07 Å². The molecule has 0 radical (unpaired) electrons. The maximum Gasteiger partial charge on any atom is 0.573 e. The molecule has 0 aliphatic heterocycles. The third kappa shape index (κ3) is 4.76. The number of pyridine rings is 1. The summed E-state index contributed by atoms with van der Waals surface area (Å²) < 4.78 is 44.9. The van der Waals surface area contributed by atoms with E-state index in [9.17, 15) is 23.1 Å². The van der Waals surface area contributed by atoms with E-state index in [1.807, 2.05) is 0 Å². The normalized spacial score (nSPS) is 11.2. The molecule has 0 aliphatic rings. The average Bonchev–Trinajstić information content (AvgIpc) is 2.31. The summed E-state index contributed by atoms with van der Waals surface area (Å²) >= 11 is 5.47. The van der Waals surface area contributed by atoms with E-state index in [-0.39, 0.29) is 30.3 Å². The van der Waals surface area contributed by atoms with Crippen LogP contribution in [-0.2, 0) is 21.8 Å². The number of aromatic nitrogens is 1. The molecule has 0 spiro atoms. The van der Waals surface area contributed by atoms with Gasteiger partial charge in [0.05, 0.1) is 24.6 Å². The quantitative estimate of drug-likeness (QED) is 0.668. The van der Waals surface area contributed by atoms with Crippen LogP contribution < -0.4 is 4.74 Å². The lowest BCUT2D eigenvalue weighted by molar-refractivity contribution is -0.275. The van der Waals surface area contributed by atoms with Crippen molar-refractivity contribution in [1.82, 2.24) is 4.98 Å². The molecule has 1 aromatic rings. The number of nitrogens with zero attached hydrogens (tertiary/aromatic N) is 1. The monoisotopic (exact) mass is 313 g/mol. The van der Waals surface area contributed by atoms with Crippen molar-refractivity contribution in [3.8, 4) is 11.5 Å². The third-order valence-electron chi connectivity index (χ3n) is 2.07. The van der Waals surface area contributed by atoms with Gasteiger partial charge in [0.1, 0.15) is 5.69 Å². The first-order valence-electron chi connectivity index (χ1n) is 5.46. The molecule has 0 fully saturated rings. The topological polar surface area (TPSA) is 68.7 Å². The van der Waals surface area contributed by atoms with Crippen molar-refractivity contribution in [2.75, 3.05) is 6.61 Å². The standard InChI is InChI=1S/C11H11ClF3NO4/c1-2-19-9(17)4-6-3-8(20-11(13,14)15)10(18)7(5-12)16-6/h3,18H,2,4-5H2,1H3. The van der Waals surface area contributed by atoms with Gasteiger partial charge in [-0.05, 0) is 6.92 Å². The minimum Gasteiger partial charge on any atom is -0.503 e. The van der Waals surface area contributed by atoms with Gasteiger partial charge >= 0.3 is 12.3 Å². The van der Waals surface area contributed by atoms with E-state index < -0.39 is 23.8 Å². The highest BCUT2D eigenvalue weighted by Gasteiger charge is 2.33. The van der Waals surface area contributed by atoms with Crippen molar-refractivity contribution in [2.45, 2.75) is 25.6 Å². The Morgan fingerprint density at radius 1 is 1.50 bits per heavy atom. The molecular weight excluding hydrogens is 303 g/mol. The SMILES string of the molecule is CCOC(=O)Cc1cc(OC(F)(F)F)c(O)c(CCl)n1. The van der Waals surface area contributed by atoms with E-state index in [4.69, 9.17) is 11.6 Å². The van der Waals surface area contributed by atoms with Crippen molar-refractivity contribution in [3.05, 3.63) is 17.5 Å². The molecule has 0 saturated carbocycles. The van der Waals surface area contributed by atoms with Crippen LogP contribution in [-0.4, -0.2) is 29.0 Å². The number of halogens is 4. The Bertz CT molecular complexity index is 493. The van der Waals surface area contributed by atoms with E-state index in [0.29, 0.717) is 0 Å². The maximum atomic E-state index is 12.2. The van der Waals surface area contributed by atoms with Crippen LogP contribution in [0.5, 0.6) is 11.5 Å². The summed E-state index contributed by atoms with van der Waals surface area (Å²) in [6.07, 6.45) is -5.34. The Kier molecular flexibility index (Phi) is 5.43. The first-order chi connectivity index (χ1) is 9.26. The van der Waals surface area contributed by atoms with Crippen LogP contribution in [0.4, 0.5) is 13.2 Å². The molecule has 20 heavy (non-hydrogen) atoms. The van der Waals surface area contributed by atoms with Gasteiger partial charge in [-0.3, -0.25) is 9.78 Å². The summed E-state index contributed by atoms with van der Waals surface area (Å²) in [4.78, 5) is 15.0. The molecule has 5 nitrogen and oxygen atoms in total. The summed E-state index contributed by atoms with van der Waals surface area (Å²) in [6.45, 7) is 1.72. The molecule has 0 atom stereocenters. The summed E-state index contributed by atoms with van der Waals surface area (Å²) in [6, 6.07) is 0.815. The van der Waals surface area contributed by atoms with Crippen LogP contribution in [0.1, 0.15) is 18.3 Å². The predicted molar refractivity (Wildman–Crippen MR) is 62.5 cm³/mol. The number of rotatable bonds is 5. The van der Waals surface area contributed by atoms with Crippen molar-refractivity contribution in [1.29, 1.82) is 0 Å². The molecule has 0 aromatic carbocycles. The van der Waals surface area contributed by atoms with E-state index in [1.54, 1.807) is 6.92 Å². The first-order valence-corrected chi connectivity index (χ1v) is 5.99. The number of aromatic hydroxyl groups is 1. The van der Waals surface area contributed by atoms with Gasteiger partial charge in [0.15, 0.2) is 11.5 Å². The number of hydrogen-bond donors (Lipinski definition) is 1. The van der Waals surface area contributed by atoms with E-state index >= 15 is 0 Å². The Morgan fingerprint density at radius 3 is 2.65 bits per heavy atom. The van der Waals surface area contributed by atoms with Crippen molar-refractivity contribution in [3.63, 3.8) is 0 Å². The molecule has 1 heterocycles. The molecule has 0 unspecified atom stereocenters. The summed E-state index contributed by atoms with van der Waals surface area (Å²) in [5, 5.41) is 9.53. The van der Waals surface area contributed by atoms with Gasteiger partial charge in [-0.25, -0.2) is 0 Å². The van der Waals surface area contributed by atoms with Gasteiger partial charge in [-0.15, -0.1) is 24.8 Å². The minimum absolute atomic E-state index is 0.0452. The number of alkyl halides is 4. The zero-order chi connectivity index (χ0) is 15.3. The molecule has 1 rings (SSSR count). The Balaban J connectivity index is 3.08. The zero-order valence-corrected chi connectivity index (χ0v) is 11.1. The highest BCUT2D eigenvalue weighted by Crippen LogP contribution is 2.34.